The molecule has 0 aliphatic carbocycles. The number of halogens is 1. The topological polar surface area (TPSA) is 32.3 Å². The summed E-state index contributed by atoms with van der Waals surface area (Å²) in [6.45, 7) is 2.70. The summed E-state index contributed by atoms with van der Waals surface area (Å²) in [6, 6.07) is 9.61. The second-order valence-corrected chi connectivity index (χ2v) is 7.40. The quantitative estimate of drug-likeness (QED) is 0.836. The molecule has 0 radical (unpaired) electrons. The molecule has 1 fully saturated rings. The van der Waals surface area contributed by atoms with Crippen LogP contribution in [0.5, 0.6) is 0 Å². The van der Waals surface area contributed by atoms with Crippen LogP contribution < -0.4 is 5.32 Å². The molecule has 1 aliphatic heterocycles. The number of nitrogens with one attached hydrogen (secondary N) is 1. The molecule has 1 aromatic heterocycles. The van der Waals surface area contributed by atoms with Crippen molar-refractivity contribution in [3.8, 4) is 0 Å². The molecule has 0 saturated carbocycles. The van der Waals surface area contributed by atoms with Crippen molar-refractivity contribution >= 4 is 46.4 Å². The van der Waals surface area contributed by atoms with Crippen LogP contribution in [-0.2, 0) is 0 Å². The zero-order valence-electron chi connectivity index (χ0n) is 11.5. The predicted octanol–water partition coefficient (Wildman–Crippen LogP) is 4.99. The average Bonchev–Trinajstić information content (AvgIpc) is 3.12. The summed E-state index contributed by atoms with van der Waals surface area (Å²) in [7, 11) is 0. The first-order chi connectivity index (χ1) is 10.1. The number of hydrogen-bond donors (Lipinski definition) is 1. The first-order valence-corrected chi connectivity index (χ1v) is 8.94. The number of rotatable bonds is 2. The van der Waals surface area contributed by atoms with E-state index < -0.39 is 0 Å². The number of thiophene rings is 1. The minimum absolute atomic E-state index is 0.0710. The SMILES string of the molecule is Cc1ccc(NC(=O)N2CCSC2c2cccs2)cc1Cl. The molecule has 21 heavy (non-hydrogen) atoms. The van der Waals surface area contributed by atoms with E-state index in [4.69, 9.17) is 11.6 Å². The van der Waals surface area contributed by atoms with Crippen molar-refractivity contribution < 1.29 is 4.79 Å². The number of thioether (sulfide) groups is 1. The molecule has 3 nitrogen and oxygen atoms in total. The third-order valence-corrected chi connectivity index (χ3v) is 6.09. The van der Waals surface area contributed by atoms with Crippen molar-refractivity contribution in [1.82, 2.24) is 4.90 Å². The Morgan fingerprint density at radius 2 is 2.29 bits per heavy atom. The Hall–Kier alpha value is -1.17. The Kier molecular flexibility index (Phi) is 4.42. The fourth-order valence-corrected chi connectivity index (χ4v) is 4.63. The van der Waals surface area contributed by atoms with Gasteiger partial charge in [-0.05, 0) is 36.1 Å². The summed E-state index contributed by atoms with van der Waals surface area (Å²) in [5.74, 6) is 0.963. The monoisotopic (exact) mass is 338 g/mol. The lowest BCUT2D eigenvalue weighted by Crippen LogP contribution is -2.34. The van der Waals surface area contributed by atoms with Gasteiger partial charge in [-0.1, -0.05) is 23.7 Å². The molecule has 1 aliphatic rings. The minimum Gasteiger partial charge on any atom is -0.308 e. The molecular formula is C15H15ClN2OS2. The Morgan fingerprint density at radius 1 is 1.43 bits per heavy atom. The van der Waals surface area contributed by atoms with Gasteiger partial charge < -0.3 is 10.2 Å². The van der Waals surface area contributed by atoms with Crippen LogP contribution in [0.3, 0.4) is 0 Å². The van der Waals surface area contributed by atoms with Crippen LogP contribution in [0.2, 0.25) is 5.02 Å². The van der Waals surface area contributed by atoms with Crippen LogP contribution in [0.25, 0.3) is 0 Å². The normalized spacial score (nSPS) is 18.0. The van der Waals surface area contributed by atoms with Gasteiger partial charge in [0.25, 0.3) is 0 Å². The van der Waals surface area contributed by atoms with Crippen molar-refractivity contribution in [2.45, 2.75) is 12.3 Å². The largest absolute Gasteiger partial charge is 0.323 e. The van der Waals surface area contributed by atoms with Gasteiger partial charge in [0, 0.05) is 27.9 Å². The highest BCUT2D eigenvalue weighted by molar-refractivity contribution is 7.99. The molecule has 1 N–H and O–H groups in total. The lowest BCUT2D eigenvalue weighted by atomic mass is 10.2. The van der Waals surface area contributed by atoms with Gasteiger partial charge in [-0.25, -0.2) is 4.79 Å². The number of nitrogens with zero attached hydrogens (tertiary/aromatic N) is 1. The molecule has 0 bridgehead atoms. The number of urea groups is 1. The molecule has 1 atom stereocenters. The number of benzene rings is 1. The standard InChI is InChI=1S/C15H15ClN2OS2/c1-10-4-5-11(9-12(10)16)17-15(19)18-6-8-21-14(18)13-3-2-7-20-13/h2-5,7,9,14H,6,8H2,1H3,(H,17,19). The van der Waals surface area contributed by atoms with E-state index in [1.54, 1.807) is 29.2 Å². The molecule has 1 aromatic carbocycles. The predicted molar refractivity (Wildman–Crippen MR) is 91.4 cm³/mol. The zero-order chi connectivity index (χ0) is 14.8. The first-order valence-electron chi connectivity index (χ1n) is 6.64. The molecule has 2 aromatic rings. The Morgan fingerprint density at radius 3 is 3.00 bits per heavy atom. The number of carbonyl (C=O) groups excluding carboxylic acids is 1. The van der Waals surface area contributed by atoms with Crippen LogP contribution >= 0.6 is 34.7 Å². The molecule has 2 amide bonds. The first kappa shape index (κ1) is 14.8. The number of hydrogen-bond acceptors (Lipinski definition) is 3. The van der Waals surface area contributed by atoms with Gasteiger partial charge in [0.15, 0.2) is 0 Å². The van der Waals surface area contributed by atoms with Crippen molar-refractivity contribution in [2.24, 2.45) is 0 Å². The lowest BCUT2D eigenvalue weighted by Gasteiger charge is -2.23. The highest BCUT2D eigenvalue weighted by Gasteiger charge is 2.31. The molecular weight excluding hydrogens is 324 g/mol. The maximum Gasteiger partial charge on any atom is 0.323 e. The van der Waals surface area contributed by atoms with E-state index in [2.05, 4.69) is 11.4 Å². The number of carbonyl (C=O) groups is 1. The maximum absolute atomic E-state index is 12.5. The van der Waals surface area contributed by atoms with Gasteiger partial charge >= 0.3 is 6.03 Å². The second kappa shape index (κ2) is 6.30. The van der Waals surface area contributed by atoms with Crippen molar-refractivity contribution in [1.29, 1.82) is 0 Å². The van der Waals surface area contributed by atoms with Crippen molar-refractivity contribution in [3.05, 3.63) is 51.2 Å². The molecule has 1 saturated heterocycles. The summed E-state index contributed by atoms with van der Waals surface area (Å²) < 4.78 is 0. The van der Waals surface area contributed by atoms with Gasteiger partial charge in [0.2, 0.25) is 0 Å². The van der Waals surface area contributed by atoms with Crippen LogP contribution in [0.4, 0.5) is 10.5 Å². The Labute approximate surface area is 137 Å². The Balaban J connectivity index is 1.73. The summed E-state index contributed by atoms with van der Waals surface area (Å²) in [6.07, 6.45) is 0. The van der Waals surface area contributed by atoms with Gasteiger partial charge in [-0.2, -0.15) is 0 Å². The highest BCUT2D eigenvalue weighted by Crippen LogP contribution is 2.40. The third kappa shape index (κ3) is 3.20. The van der Waals surface area contributed by atoms with Gasteiger partial charge in [-0.3, -0.25) is 0 Å². The van der Waals surface area contributed by atoms with Crippen LogP contribution in [-0.4, -0.2) is 23.2 Å². The zero-order valence-corrected chi connectivity index (χ0v) is 13.9. The molecule has 0 spiro atoms. The molecule has 6 heteroatoms. The van der Waals surface area contributed by atoms with Crippen molar-refractivity contribution in [3.63, 3.8) is 0 Å². The lowest BCUT2D eigenvalue weighted by molar-refractivity contribution is 0.215. The van der Waals surface area contributed by atoms with E-state index in [0.29, 0.717) is 5.02 Å². The van der Waals surface area contributed by atoms with E-state index in [-0.39, 0.29) is 11.4 Å². The van der Waals surface area contributed by atoms with Crippen LogP contribution in [0, 0.1) is 6.92 Å². The number of aryl methyl sites for hydroxylation is 1. The van der Waals surface area contributed by atoms with Crippen LogP contribution in [0.15, 0.2) is 35.7 Å². The van der Waals surface area contributed by atoms with Gasteiger partial charge in [-0.15, -0.1) is 23.1 Å². The summed E-state index contributed by atoms with van der Waals surface area (Å²) in [5, 5.41) is 5.77. The number of amides is 2. The fourth-order valence-electron chi connectivity index (χ4n) is 2.21. The summed E-state index contributed by atoms with van der Waals surface area (Å²) in [4.78, 5) is 15.6. The second-order valence-electron chi connectivity index (χ2n) is 4.83. The molecule has 110 valence electrons. The molecule has 2 heterocycles. The number of anilines is 1. The van der Waals surface area contributed by atoms with Gasteiger partial charge in [0.05, 0.1) is 0 Å². The van der Waals surface area contributed by atoms with E-state index in [1.165, 1.54) is 4.88 Å². The molecule has 3 rings (SSSR count). The smallest absolute Gasteiger partial charge is 0.308 e. The van der Waals surface area contributed by atoms with Crippen molar-refractivity contribution in [2.75, 3.05) is 17.6 Å². The van der Waals surface area contributed by atoms with Crippen LogP contribution in [0.1, 0.15) is 15.8 Å². The fraction of sp³-hybridized carbons (Fsp3) is 0.267. The highest BCUT2D eigenvalue weighted by atomic mass is 35.5. The van der Waals surface area contributed by atoms with E-state index in [1.807, 2.05) is 35.4 Å². The third-order valence-electron chi connectivity index (χ3n) is 3.36. The summed E-state index contributed by atoms with van der Waals surface area (Å²) in [5.41, 5.74) is 1.74. The van der Waals surface area contributed by atoms with Gasteiger partial charge in [0.1, 0.15) is 5.37 Å². The minimum atomic E-state index is -0.0710. The average molecular weight is 339 g/mol. The Bertz CT molecular complexity index is 645. The maximum atomic E-state index is 12.5. The summed E-state index contributed by atoms with van der Waals surface area (Å²) >= 11 is 9.59. The van der Waals surface area contributed by atoms with E-state index in [0.717, 1.165) is 23.5 Å². The van der Waals surface area contributed by atoms with E-state index >= 15 is 0 Å². The van der Waals surface area contributed by atoms with E-state index in [9.17, 15) is 4.79 Å². The molecule has 1 unspecified atom stereocenters.